The molecule has 2 aliphatic rings. The Labute approximate surface area is 174 Å². The van der Waals surface area contributed by atoms with Crippen LogP contribution in [-0.2, 0) is 31.6 Å². The number of aliphatic imine (C=N–C) groups is 1. The molecule has 0 aliphatic carbocycles. The molecule has 8 N–H and O–H groups in total. The van der Waals surface area contributed by atoms with E-state index in [0.717, 1.165) is 4.90 Å². The second-order valence-corrected chi connectivity index (χ2v) is 10.4. The molecule has 0 aromatic rings. The summed E-state index contributed by atoms with van der Waals surface area (Å²) in [5.74, 6) is 2.04. The molecule has 1 fully saturated rings. The summed E-state index contributed by atoms with van der Waals surface area (Å²) < 4.78 is 50.9. The first-order valence-electron chi connectivity index (χ1n) is 7.80. The van der Waals surface area contributed by atoms with E-state index < -0.39 is 54.1 Å². The average Bonchev–Trinajstić information content (AvgIpc) is 2.82. The monoisotopic (exact) mass is 505 g/mol. The number of nitrogens with two attached hydrogens (primary N) is 1. The minimum Gasteiger partial charge on any atom is -0.386 e. The Balaban J connectivity index is 2.16. The third-order valence-electron chi connectivity index (χ3n) is 3.76. The van der Waals surface area contributed by atoms with Crippen molar-refractivity contribution in [2.75, 3.05) is 6.61 Å². The number of phosphoric acid groups is 3. The molecular weight excluding hydrogens is 487 g/mol. The van der Waals surface area contributed by atoms with Crippen LogP contribution in [0.1, 0.15) is 0 Å². The number of aliphatic hydroxyl groups excluding tert-OH is 2. The zero-order valence-corrected chi connectivity index (χ0v) is 17.9. The van der Waals surface area contributed by atoms with E-state index in [4.69, 9.17) is 31.6 Å². The number of terminal acetylenes is 1. The van der Waals surface area contributed by atoms with Gasteiger partial charge in [0.2, 0.25) is 0 Å². The lowest BCUT2D eigenvalue weighted by atomic mass is 9.97. The smallest absolute Gasteiger partial charge is 0.386 e. The lowest BCUT2D eigenvalue weighted by Gasteiger charge is -2.31. The van der Waals surface area contributed by atoms with Crippen LogP contribution in [0.5, 0.6) is 0 Å². The highest BCUT2D eigenvalue weighted by molar-refractivity contribution is 7.66. The van der Waals surface area contributed by atoms with E-state index >= 15 is 0 Å². The minimum absolute atomic E-state index is 0.00282. The lowest BCUT2D eigenvalue weighted by Crippen LogP contribution is -2.45. The predicted octanol–water partition coefficient (Wildman–Crippen LogP) is -1.56. The number of aliphatic hydroxyl groups is 2. The van der Waals surface area contributed by atoms with Crippen LogP contribution in [0, 0.1) is 12.3 Å². The van der Waals surface area contributed by atoms with Crippen molar-refractivity contribution < 1.29 is 61.4 Å². The van der Waals surface area contributed by atoms with Gasteiger partial charge in [0, 0.05) is 6.20 Å². The van der Waals surface area contributed by atoms with Gasteiger partial charge in [0.1, 0.15) is 30.5 Å². The fourth-order valence-corrected chi connectivity index (χ4v) is 5.54. The average molecular weight is 505 g/mol. The van der Waals surface area contributed by atoms with Crippen molar-refractivity contribution in [2.24, 2.45) is 10.7 Å². The molecule has 6 atom stereocenters. The quantitative estimate of drug-likeness (QED) is 0.145. The summed E-state index contributed by atoms with van der Waals surface area (Å²) in [4.78, 5) is 40.7. The third-order valence-corrected chi connectivity index (χ3v) is 7.55. The Kier molecular flexibility index (Phi) is 7.39. The molecule has 1 saturated heterocycles. The molecule has 0 aromatic heterocycles. The molecular formula is C12H18N3O13P3. The van der Waals surface area contributed by atoms with Gasteiger partial charge in [0.15, 0.2) is 11.8 Å². The normalized spacial score (nSPS) is 32.8. The first kappa shape index (κ1) is 25.9. The molecule has 31 heavy (non-hydrogen) atoms. The molecule has 0 aromatic carbocycles. The number of hydrogen-bond donors (Lipinski definition) is 7. The Bertz CT molecular complexity index is 986. The zero-order chi connectivity index (χ0) is 23.8. The van der Waals surface area contributed by atoms with Crippen LogP contribution in [0.15, 0.2) is 29.7 Å². The maximum atomic E-state index is 11.9. The van der Waals surface area contributed by atoms with Gasteiger partial charge in [-0.3, -0.25) is 4.52 Å². The molecule has 0 spiro atoms. The molecule has 0 saturated carbocycles. The van der Waals surface area contributed by atoms with Crippen molar-refractivity contribution in [3.05, 3.63) is 24.7 Å². The van der Waals surface area contributed by atoms with Gasteiger partial charge in [0.05, 0.1) is 0 Å². The third kappa shape index (κ3) is 6.32. The summed E-state index contributed by atoms with van der Waals surface area (Å²) in [5, 5.41) is 20.7. The second kappa shape index (κ2) is 8.86. The van der Waals surface area contributed by atoms with Gasteiger partial charge in [0.25, 0.3) is 0 Å². The Morgan fingerprint density at radius 1 is 1.26 bits per heavy atom. The van der Waals surface area contributed by atoms with Gasteiger partial charge in [-0.2, -0.15) is 8.62 Å². The van der Waals surface area contributed by atoms with Crippen LogP contribution in [0.2, 0.25) is 0 Å². The molecule has 0 radical (unpaired) electrons. The Hall–Kier alpha value is -1.40. The molecule has 16 nitrogen and oxygen atoms in total. The fourth-order valence-electron chi connectivity index (χ4n) is 2.49. The van der Waals surface area contributed by atoms with Crippen LogP contribution < -0.4 is 5.73 Å². The summed E-state index contributed by atoms with van der Waals surface area (Å²) in [6.45, 7) is 2.41. The van der Waals surface area contributed by atoms with E-state index in [-0.39, 0.29) is 11.7 Å². The molecule has 19 heteroatoms. The standard InChI is InChI=1S/C12H18N3O13P3/c1-3-12(6-25-30(21,22)28-31(23,24)27-29(18,19)20)10(17)9(16)11(26-12)15-5-4-8(13)14-7(15)2/h1,4-5,9-11,16-17H,2,6H2,(H2,13,14)(H,21,22)(H,23,24)(H2,18,19,20)/t9?,10-,11-,12-/m1/s1. The Morgan fingerprint density at radius 2 is 1.87 bits per heavy atom. The molecule has 2 aliphatic heterocycles. The van der Waals surface area contributed by atoms with Crippen molar-refractivity contribution in [1.29, 1.82) is 0 Å². The van der Waals surface area contributed by atoms with Crippen LogP contribution in [-0.4, -0.2) is 71.2 Å². The molecule has 2 heterocycles. The van der Waals surface area contributed by atoms with Crippen LogP contribution in [0.3, 0.4) is 0 Å². The second-order valence-electron chi connectivity index (χ2n) is 6.02. The van der Waals surface area contributed by atoms with E-state index in [2.05, 4.69) is 24.7 Å². The zero-order valence-electron chi connectivity index (χ0n) is 15.2. The van der Waals surface area contributed by atoms with E-state index in [1.54, 1.807) is 0 Å². The number of phosphoric ester groups is 1. The largest absolute Gasteiger partial charge is 0.490 e. The minimum atomic E-state index is -5.76. The van der Waals surface area contributed by atoms with Gasteiger partial charge < -0.3 is 45.2 Å². The van der Waals surface area contributed by atoms with Gasteiger partial charge >= 0.3 is 23.5 Å². The number of nitrogens with zero attached hydrogens (tertiary/aromatic N) is 2. The van der Waals surface area contributed by atoms with Crippen LogP contribution in [0.25, 0.3) is 0 Å². The highest BCUT2D eigenvalue weighted by Gasteiger charge is 2.57. The summed E-state index contributed by atoms with van der Waals surface area (Å²) in [5.41, 5.74) is 3.23. The maximum absolute atomic E-state index is 11.9. The van der Waals surface area contributed by atoms with Gasteiger partial charge in [-0.15, -0.1) is 6.42 Å². The lowest BCUT2D eigenvalue weighted by molar-refractivity contribution is -0.101. The number of ether oxygens (including phenoxy) is 1. The summed E-state index contributed by atoms with van der Waals surface area (Å²) in [6.07, 6.45) is 2.91. The fraction of sp³-hybridized carbons (Fsp3) is 0.417. The van der Waals surface area contributed by atoms with Crippen molar-refractivity contribution in [3.8, 4) is 12.3 Å². The SMILES string of the molecule is C#C[C@]1(COP(=O)(O)OP(=O)(O)OP(=O)(O)O)O[C@@H](N2C=CC(N)=NC2=C)C(O)[C@H]1O. The number of amidine groups is 1. The number of hydrogen-bond acceptors (Lipinski definition) is 12. The van der Waals surface area contributed by atoms with Crippen molar-refractivity contribution in [2.45, 2.75) is 24.0 Å². The number of rotatable bonds is 8. The summed E-state index contributed by atoms with van der Waals surface area (Å²) >= 11 is 0. The van der Waals surface area contributed by atoms with Crippen molar-refractivity contribution >= 4 is 29.3 Å². The van der Waals surface area contributed by atoms with E-state index in [1.807, 2.05) is 5.92 Å². The van der Waals surface area contributed by atoms with Gasteiger partial charge in [-0.1, -0.05) is 12.5 Å². The van der Waals surface area contributed by atoms with Crippen LogP contribution >= 0.6 is 23.5 Å². The highest BCUT2D eigenvalue weighted by atomic mass is 31.3. The first-order chi connectivity index (χ1) is 14.0. The van der Waals surface area contributed by atoms with E-state index in [1.165, 1.54) is 12.3 Å². The molecule has 0 bridgehead atoms. The van der Waals surface area contributed by atoms with Crippen molar-refractivity contribution in [1.82, 2.24) is 4.90 Å². The molecule has 174 valence electrons. The van der Waals surface area contributed by atoms with Gasteiger partial charge in [-0.05, 0) is 6.08 Å². The topological polar surface area (TPSA) is 251 Å². The predicted molar refractivity (Wildman–Crippen MR) is 100 cm³/mol. The summed E-state index contributed by atoms with van der Waals surface area (Å²) in [7, 11) is -16.9. The molecule has 3 unspecified atom stereocenters. The summed E-state index contributed by atoms with van der Waals surface area (Å²) in [6, 6.07) is 0. The molecule has 2 rings (SSSR count). The first-order valence-corrected chi connectivity index (χ1v) is 12.3. The highest BCUT2D eigenvalue weighted by Crippen LogP contribution is 2.66. The van der Waals surface area contributed by atoms with Crippen molar-refractivity contribution in [3.63, 3.8) is 0 Å². The van der Waals surface area contributed by atoms with E-state index in [9.17, 15) is 28.8 Å². The maximum Gasteiger partial charge on any atom is 0.490 e. The Morgan fingerprint density at radius 3 is 2.39 bits per heavy atom. The van der Waals surface area contributed by atoms with E-state index in [0.29, 0.717) is 0 Å². The molecule has 0 amide bonds. The van der Waals surface area contributed by atoms with Crippen LogP contribution in [0.4, 0.5) is 0 Å². The van der Waals surface area contributed by atoms with Gasteiger partial charge in [-0.25, -0.2) is 18.7 Å².